The highest BCUT2D eigenvalue weighted by Gasteiger charge is 2.03. The second-order valence-corrected chi connectivity index (χ2v) is 3.53. The third kappa shape index (κ3) is 2.81. The van der Waals surface area contributed by atoms with Crippen LogP contribution in [0.25, 0.3) is 0 Å². The number of rotatable bonds is 4. The highest BCUT2D eigenvalue weighted by Crippen LogP contribution is 2.09. The second kappa shape index (κ2) is 4.65. The Morgan fingerprint density at radius 3 is 2.71 bits per heavy atom. The molecule has 0 saturated carbocycles. The van der Waals surface area contributed by atoms with Crippen LogP contribution in [-0.4, -0.2) is 16.1 Å². The maximum absolute atomic E-state index is 10.8. The molecule has 88 valence electrons. The fourth-order valence-electron chi connectivity index (χ4n) is 1.32. The van der Waals surface area contributed by atoms with Gasteiger partial charge < -0.3 is 15.5 Å². The lowest BCUT2D eigenvalue weighted by Crippen LogP contribution is -2.14. The van der Waals surface area contributed by atoms with Crippen molar-refractivity contribution in [2.45, 2.75) is 13.5 Å². The predicted octanol–water partition coefficient (Wildman–Crippen LogP) is 1.09. The van der Waals surface area contributed by atoms with E-state index in [4.69, 9.17) is 10.2 Å². The van der Waals surface area contributed by atoms with Crippen LogP contribution in [0.5, 0.6) is 0 Å². The summed E-state index contributed by atoms with van der Waals surface area (Å²) < 4.78 is 5.38. The van der Waals surface area contributed by atoms with Crippen LogP contribution >= 0.6 is 0 Å². The Bertz CT molecular complexity index is 519. The van der Waals surface area contributed by atoms with E-state index in [1.165, 1.54) is 6.07 Å². The summed E-state index contributed by atoms with van der Waals surface area (Å²) in [5, 5.41) is 10.5. The first-order valence-corrected chi connectivity index (χ1v) is 5.08. The summed E-state index contributed by atoms with van der Waals surface area (Å²) in [6.45, 7) is 2.39. The first kappa shape index (κ1) is 11.1. The molecule has 2 aromatic heterocycles. The number of hydrogen-bond acceptors (Lipinski definition) is 5. The zero-order valence-electron chi connectivity index (χ0n) is 9.30. The van der Waals surface area contributed by atoms with Crippen molar-refractivity contribution >= 4 is 11.7 Å². The summed E-state index contributed by atoms with van der Waals surface area (Å²) in [6.07, 6.45) is 0. The van der Waals surface area contributed by atoms with E-state index in [9.17, 15) is 4.79 Å². The number of carbonyl (C=O) groups is 1. The zero-order chi connectivity index (χ0) is 12.3. The fourth-order valence-corrected chi connectivity index (χ4v) is 1.32. The summed E-state index contributed by atoms with van der Waals surface area (Å²) in [4.78, 5) is 10.8. The molecule has 0 aliphatic heterocycles. The van der Waals surface area contributed by atoms with Gasteiger partial charge in [-0.15, -0.1) is 10.2 Å². The molecule has 0 aliphatic rings. The first-order valence-electron chi connectivity index (χ1n) is 5.08. The number of primary amides is 1. The fraction of sp³-hybridized carbons (Fsp3) is 0.182. The number of amides is 1. The van der Waals surface area contributed by atoms with E-state index in [1.807, 2.05) is 19.1 Å². The van der Waals surface area contributed by atoms with E-state index < -0.39 is 5.91 Å². The van der Waals surface area contributed by atoms with Crippen LogP contribution in [0.4, 0.5) is 5.82 Å². The Kier molecular flexibility index (Phi) is 3.04. The summed E-state index contributed by atoms with van der Waals surface area (Å²) in [7, 11) is 0. The van der Waals surface area contributed by atoms with Crippen LogP contribution in [0, 0.1) is 6.92 Å². The van der Waals surface area contributed by atoms with Gasteiger partial charge in [-0.05, 0) is 31.2 Å². The molecule has 0 fully saturated rings. The van der Waals surface area contributed by atoms with Crippen LogP contribution in [0.2, 0.25) is 0 Å². The Morgan fingerprint density at radius 2 is 2.18 bits per heavy atom. The minimum atomic E-state index is -0.592. The molecule has 2 aromatic rings. The van der Waals surface area contributed by atoms with Crippen LogP contribution < -0.4 is 11.1 Å². The molecule has 3 N–H and O–H groups in total. The normalized spacial score (nSPS) is 10.2. The molecule has 0 aromatic carbocycles. The van der Waals surface area contributed by atoms with E-state index in [1.54, 1.807) is 6.07 Å². The van der Waals surface area contributed by atoms with E-state index in [0.717, 1.165) is 11.5 Å². The van der Waals surface area contributed by atoms with Gasteiger partial charge in [0.25, 0.3) is 5.91 Å². The summed E-state index contributed by atoms with van der Waals surface area (Å²) in [5.41, 5.74) is 5.20. The largest absolute Gasteiger partial charge is 0.465 e. The van der Waals surface area contributed by atoms with Crippen molar-refractivity contribution in [3.63, 3.8) is 0 Å². The topological polar surface area (TPSA) is 94.0 Å². The lowest BCUT2D eigenvalue weighted by molar-refractivity contribution is 0.0994. The van der Waals surface area contributed by atoms with E-state index in [0.29, 0.717) is 12.4 Å². The number of furan rings is 1. The molecule has 0 unspecified atom stereocenters. The van der Waals surface area contributed by atoms with E-state index in [-0.39, 0.29) is 5.69 Å². The number of nitrogens with zero attached hydrogens (tertiary/aromatic N) is 2. The van der Waals surface area contributed by atoms with Crippen molar-refractivity contribution in [3.8, 4) is 0 Å². The Hall–Kier alpha value is -2.37. The number of aromatic nitrogens is 2. The lowest BCUT2D eigenvalue weighted by atomic mass is 10.3. The molecule has 6 heteroatoms. The molecular weight excluding hydrogens is 220 g/mol. The highest BCUT2D eigenvalue weighted by atomic mass is 16.3. The summed E-state index contributed by atoms with van der Waals surface area (Å²) in [5.74, 6) is 1.63. The zero-order valence-corrected chi connectivity index (χ0v) is 9.30. The molecule has 2 rings (SSSR count). The van der Waals surface area contributed by atoms with Crippen molar-refractivity contribution in [2.24, 2.45) is 5.73 Å². The van der Waals surface area contributed by atoms with Crippen LogP contribution in [0.1, 0.15) is 22.0 Å². The van der Waals surface area contributed by atoms with E-state index in [2.05, 4.69) is 15.5 Å². The molecular formula is C11H12N4O2. The van der Waals surface area contributed by atoms with Gasteiger partial charge in [0.1, 0.15) is 17.3 Å². The second-order valence-electron chi connectivity index (χ2n) is 3.53. The summed E-state index contributed by atoms with van der Waals surface area (Å²) >= 11 is 0. The molecule has 2 heterocycles. The number of hydrogen-bond donors (Lipinski definition) is 2. The van der Waals surface area contributed by atoms with Gasteiger partial charge in [0.2, 0.25) is 0 Å². The van der Waals surface area contributed by atoms with Gasteiger partial charge in [-0.2, -0.15) is 0 Å². The van der Waals surface area contributed by atoms with Crippen LogP contribution in [0.15, 0.2) is 28.7 Å². The first-order chi connectivity index (χ1) is 8.15. The van der Waals surface area contributed by atoms with Gasteiger partial charge in [-0.1, -0.05) is 0 Å². The number of carbonyl (C=O) groups excluding carboxylic acids is 1. The minimum absolute atomic E-state index is 0.143. The number of nitrogens with one attached hydrogen (secondary N) is 1. The average molecular weight is 232 g/mol. The Morgan fingerprint density at radius 1 is 1.35 bits per heavy atom. The predicted molar refractivity (Wildman–Crippen MR) is 61.3 cm³/mol. The summed E-state index contributed by atoms with van der Waals surface area (Å²) in [6, 6.07) is 6.93. The molecule has 6 nitrogen and oxygen atoms in total. The molecule has 0 atom stereocenters. The molecule has 0 radical (unpaired) electrons. The van der Waals surface area contributed by atoms with Gasteiger partial charge in [-0.3, -0.25) is 4.79 Å². The maximum Gasteiger partial charge on any atom is 0.269 e. The Labute approximate surface area is 97.8 Å². The van der Waals surface area contributed by atoms with Gasteiger partial charge in [0.05, 0.1) is 6.54 Å². The molecule has 0 bridgehead atoms. The van der Waals surface area contributed by atoms with E-state index >= 15 is 0 Å². The van der Waals surface area contributed by atoms with Gasteiger partial charge in [0.15, 0.2) is 5.69 Å². The SMILES string of the molecule is Cc1ccc(CNc2ccc(C(N)=O)nn2)o1. The third-order valence-electron chi connectivity index (χ3n) is 2.16. The van der Waals surface area contributed by atoms with Crippen molar-refractivity contribution in [1.82, 2.24) is 10.2 Å². The average Bonchev–Trinajstić information content (AvgIpc) is 2.73. The number of anilines is 1. The maximum atomic E-state index is 10.8. The van der Waals surface area contributed by atoms with Crippen molar-refractivity contribution in [1.29, 1.82) is 0 Å². The standard InChI is InChI=1S/C11H12N4O2/c1-7-2-3-8(17-7)6-13-10-5-4-9(11(12)16)14-15-10/h2-5H,6H2,1H3,(H2,12,16)(H,13,15). The van der Waals surface area contributed by atoms with Crippen LogP contribution in [-0.2, 0) is 6.54 Å². The molecule has 17 heavy (non-hydrogen) atoms. The van der Waals surface area contributed by atoms with Gasteiger partial charge in [0, 0.05) is 0 Å². The monoisotopic (exact) mass is 232 g/mol. The quantitative estimate of drug-likeness (QED) is 0.822. The molecule has 0 spiro atoms. The van der Waals surface area contributed by atoms with Crippen molar-refractivity contribution < 1.29 is 9.21 Å². The highest BCUT2D eigenvalue weighted by molar-refractivity contribution is 5.90. The minimum Gasteiger partial charge on any atom is -0.465 e. The Balaban J connectivity index is 1.97. The lowest BCUT2D eigenvalue weighted by Gasteiger charge is -2.02. The molecule has 0 saturated heterocycles. The smallest absolute Gasteiger partial charge is 0.269 e. The number of nitrogens with two attached hydrogens (primary N) is 1. The third-order valence-corrected chi connectivity index (χ3v) is 2.16. The van der Waals surface area contributed by atoms with Crippen molar-refractivity contribution in [3.05, 3.63) is 41.5 Å². The number of aryl methyl sites for hydroxylation is 1. The molecule has 1 amide bonds. The van der Waals surface area contributed by atoms with Gasteiger partial charge >= 0.3 is 0 Å². The van der Waals surface area contributed by atoms with Gasteiger partial charge in [-0.25, -0.2) is 0 Å². The van der Waals surface area contributed by atoms with Crippen molar-refractivity contribution in [2.75, 3.05) is 5.32 Å². The molecule has 0 aliphatic carbocycles. The van der Waals surface area contributed by atoms with Crippen LogP contribution in [0.3, 0.4) is 0 Å².